The fourth-order valence-corrected chi connectivity index (χ4v) is 5.05. The van der Waals surface area contributed by atoms with E-state index in [0.29, 0.717) is 17.4 Å². The molecular formula is C27H26FIN6OS. The number of nitrogens with zero attached hydrogens (tertiary/aromatic N) is 4. The van der Waals surface area contributed by atoms with Crippen molar-refractivity contribution >= 4 is 51.7 Å². The van der Waals surface area contributed by atoms with Crippen molar-refractivity contribution in [1.29, 1.82) is 0 Å². The van der Waals surface area contributed by atoms with Gasteiger partial charge in [0.25, 0.3) is 5.91 Å². The fraction of sp³-hybridized carbons (Fsp3) is 0.185. The summed E-state index contributed by atoms with van der Waals surface area (Å²) in [5.74, 6) is 0.129. The second kappa shape index (κ2) is 12.3. The van der Waals surface area contributed by atoms with E-state index in [9.17, 15) is 9.18 Å². The maximum atomic E-state index is 13.2. The molecule has 0 aliphatic rings. The molecule has 0 saturated heterocycles. The molecule has 0 aliphatic heterocycles. The summed E-state index contributed by atoms with van der Waals surface area (Å²) in [6, 6.07) is 22.0. The second-order valence-corrected chi connectivity index (χ2v) is 10.9. The highest BCUT2D eigenvalue weighted by molar-refractivity contribution is 14.1. The molecule has 0 spiro atoms. The van der Waals surface area contributed by atoms with E-state index in [1.165, 1.54) is 27.5 Å². The maximum Gasteiger partial charge on any atom is 0.253 e. The van der Waals surface area contributed by atoms with Crippen LogP contribution in [0.25, 0.3) is 5.69 Å². The molecule has 1 heterocycles. The summed E-state index contributed by atoms with van der Waals surface area (Å²) in [5.41, 5.74) is 6.99. The molecule has 0 aliphatic carbocycles. The third kappa shape index (κ3) is 6.95. The number of thioether (sulfide) groups is 1. The van der Waals surface area contributed by atoms with E-state index in [4.69, 9.17) is 0 Å². The lowest BCUT2D eigenvalue weighted by molar-refractivity contribution is -0.120. The van der Waals surface area contributed by atoms with Crippen LogP contribution < -0.4 is 10.7 Å². The molecule has 0 saturated carbocycles. The van der Waals surface area contributed by atoms with Gasteiger partial charge in [-0.25, -0.2) is 9.82 Å². The third-order valence-corrected chi connectivity index (χ3v) is 7.30. The van der Waals surface area contributed by atoms with Crippen molar-refractivity contribution in [3.05, 3.63) is 99.1 Å². The first-order valence-corrected chi connectivity index (χ1v) is 13.5. The molecular weight excluding hydrogens is 602 g/mol. The third-order valence-electron chi connectivity index (χ3n) is 5.59. The van der Waals surface area contributed by atoms with Crippen molar-refractivity contribution in [2.45, 2.75) is 37.7 Å². The predicted octanol–water partition coefficient (Wildman–Crippen LogP) is 5.95. The number of halogens is 2. The van der Waals surface area contributed by atoms with E-state index in [0.717, 1.165) is 28.3 Å². The van der Waals surface area contributed by atoms with Crippen LogP contribution >= 0.6 is 34.4 Å². The van der Waals surface area contributed by atoms with Gasteiger partial charge < -0.3 is 5.32 Å². The molecule has 2 N–H and O–H groups in total. The number of rotatable bonds is 9. The number of carbonyl (C=O) groups is 1. The van der Waals surface area contributed by atoms with E-state index in [-0.39, 0.29) is 11.7 Å². The molecule has 10 heteroatoms. The minimum absolute atomic E-state index is 0.275. The Bertz CT molecular complexity index is 1410. The monoisotopic (exact) mass is 628 g/mol. The summed E-state index contributed by atoms with van der Waals surface area (Å²) in [4.78, 5) is 12.8. The Kier molecular flexibility index (Phi) is 8.93. The van der Waals surface area contributed by atoms with Crippen molar-refractivity contribution in [2.24, 2.45) is 5.10 Å². The quantitative estimate of drug-likeness (QED) is 0.104. The molecule has 37 heavy (non-hydrogen) atoms. The predicted molar refractivity (Wildman–Crippen MR) is 155 cm³/mol. The Morgan fingerprint density at radius 3 is 2.54 bits per heavy atom. The highest BCUT2D eigenvalue weighted by atomic mass is 127. The number of aryl methyl sites for hydroxylation is 1. The Hall–Kier alpha value is -3.25. The lowest BCUT2D eigenvalue weighted by Crippen LogP contribution is -2.28. The van der Waals surface area contributed by atoms with Crippen LogP contribution in [0.5, 0.6) is 0 Å². The molecule has 0 radical (unpaired) electrons. The van der Waals surface area contributed by atoms with Crippen molar-refractivity contribution in [3.63, 3.8) is 0 Å². The number of hydrogen-bond donors (Lipinski definition) is 2. The van der Waals surface area contributed by atoms with Gasteiger partial charge in [-0.3, -0.25) is 9.36 Å². The molecule has 1 atom stereocenters. The summed E-state index contributed by atoms with van der Waals surface area (Å²) >= 11 is 3.60. The zero-order valence-electron chi connectivity index (χ0n) is 20.6. The second-order valence-electron chi connectivity index (χ2n) is 8.32. The Morgan fingerprint density at radius 2 is 1.84 bits per heavy atom. The summed E-state index contributed by atoms with van der Waals surface area (Å²) in [7, 11) is 0. The van der Waals surface area contributed by atoms with E-state index >= 15 is 0 Å². The molecule has 7 nitrogen and oxygen atoms in total. The van der Waals surface area contributed by atoms with E-state index in [1.54, 1.807) is 26.0 Å². The molecule has 1 unspecified atom stereocenters. The van der Waals surface area contributed by atoms with Gasteiger partial charge in [-0.05, 0) is 97.0 Å². The highest BCUT2D eigenvalue weighted by Gasteiger charge is 2.21. The molecule has 190 valence electrons. The zero-order chi connectivity index (χ0) is 26.4. The van der Waals surface area contributed by atoms with Gasteiger partial charge in [0.05, 0.1) is 17.5 Å². The largest absolute Gasteiger partial charge is 0.378 e. The first-order chi connectivity index (χ1) is 17.8. The van der Waals surface area contributed by atoms with E-state index < -0.39 is 5.25 Å². The minimum atomic E-state index is -0.490. The summed E-state index contributed by atoms with van der Waals surface area (Å²) in [6.45, 7) is 6.07. The van der Waals surface area contributed by atoms with Crippen LogP contribution in [0.4, 0.5) is 10.1 Å². The molecule has 1 aromatic heterocycles. The Labute approximate surface area is 233 Å². The minimum Gasteiger partial charge on any atom is -0.378 e. The van der Waals surface area contributed by atoms with Crippen LogP contribution in [0.15, 0.2) is 83.1 Å². The number of hydrogen-bond acceptors (Lipinski definition) is 6. The van der Waals surface area contributed by atoms with Crippen molar-refractivity contribution in [1.82, 2.24) is 20.2 Å². The van der Waals surface area contributed by atoms with Crippen LogP contribution in [0.3, 0.4) is 0 Å². The lowest BCUT2D eigenvalue weighted by Gasteiger charge is -2.14. The molecule has 0 bridgehead atoms. The number of aromatic nitrogens is 3. The number of amides is 1. The Balaban J connectivity index is 1.50. The molecule has 4 aromatic rings. The number of carbonyl (C=O) groups excluding carboxylic acids is 1. The van der Waals surface area contributed by atoms with Gasteiger partial charge in [0.15, 0.2) is 11.0 Å². The highest BCUT2D eigenvalue weighted by Crippen LogP contribution is 2.27. The number of para-hydroxylation sites is 1. The first kappa shape index (κ1) is 26.8. The standard InChI is InChI=1S/C27H26FIN6OS/c1-17-15-22(29)13-14-24(17)30-16-25-32-34-27(35(25)23-7-5-4-6-8-23)37-19(3)26(36)33-31-18(2)20-9-11-21(28)12-10-20/h4-15,19,30H,16H2,1-3H3,(H,33,36)/b31-18+. The average Bonchev–Trinajstić information content (AvgIpc) is 3.29. The van der Waals surface area contributed by atoms with Crippen LogP contribution in [-0.4, -0.2) is 31.6 Å². The van der Waals surface area contributed by atoms with Gasteiger partial charge in [0, 0.05) is 14.9 Å². The van der Waals surface area contributed by atoms with Gasteiger partial charge >= 0.3 is 0 Å². The van der Waals surface area contributed by atoms with Crippen LogP contribution in [0.2, 0.25) is 0 Å². The summed E-state index contributed by atoms with van der Waals surface area (Å²) in [5, 5.41) is 16.6. The van der Waals surface area contributed by atoms with Crippen molar-refractivity contribution in [3.8, 4) is 5.69 Å². The molecule has 3 aromatic carbocycles. The average molecular weight is 629 g/mol. The van der Waals surface area contributed by atoms with Gasteiger partial charge in [0.2, 0.25) is 0 Å². The van der Waals surface area contributed by atoms with Crippen LogP contribution in [0.1, 0.15) is 30.8 Å². The summed E-state index contributed by atoms with van der Waals surface area (Å²) in [6.07, 6.45) is 0. The molecule has 4 rings (SSSR count). The van der Waals surface area contributed by atoms with E-state index in [2.05, 4.69) is 73.8 Å². The van der Waals surface area contributed by atoms with Crippen LogP contribution in [-0.2, 0) is 11.3 Å². The van der Waals surface area contributed by atoms with Gasteiger partial charge in [0.1, 0.15) is 5.82 Å². The van der Waals surface area contributed by atoms with Crippen molar-refractivity contribution < 1.29 is 9.18 Å². The molecule has 1 amide bonds. The smallest absolute Gasteiger partial charge is 0.253 e. The van der Waals surface area contributed by atoms with Gasteiger partial charge in [-0.1, -0.05) is 42.1 Å². The van der Waals surface area contributed by atoms with Crippen molar-refractivity contribution in [2.75, 3.05) is 5.32 Å². The fourth-order valence-electron chi connectivity index (χ4n) is 3.52. The number of benzene rings is 3. The van der Waals surface area contributed by atoms with Crippen LogP contribution in [0, 0.1) is 16.3 Å². The van der Waals surface area contributed by atoms with Gasteiger partial charge in [-0.15, -0.1) is 10.2 Å². The summed E-state index contributed by atoms with van der Waals surface area (Å²) < 4.78 is 16.3. The SMILES string of the molecule is C/C(=N\NC(=O)C(C)Sc1nnc(CNc2ccc(I)cc2C)n1-c1ccccc1)c1ccc(F)cc1. The maximum absolute atomic E-state index is 13.2. The Morgan fingerprint density at radius 1 is 1.11 bits per heavy atom. The first-order valence-electron chi connectivity index (χ1n) is 11.6. The van der Waals surface area contributed by atoms with E-state index in [1.807, 2.05) is 34.9 Å². The molecule has 0 fully saturated rings. The normalized spacial score (nSPS) is 12.3. The number of nitrogens with one attached hydrogen (secondary N) is 2. The number of hydrazone groups is 1. The lowest BCUT2D eigenvalue weighted by atomic mass is 10.1. The zero-order valence-corrected chi connectivity index (χ0v) is 23.5. The number of anilines is 1. The van der Waals surface area contributed by atoms with Gasteiger partial charge in [-0.2, -0.15) is 5.10 Å². The topological polar surface area (TPSA) is 84.2 Å².